The largest absolute Gasteiger partial charge is 0.469 e. The highest BCUT2D eigenvalue weighted by atomic mass is 28.4. The predicted octanol–water partition coefficient (Wildman–Crippen LogP) is 7.45. The highest BCUT2D eigenvalue weighted by molar-refractivity contribution is 6.69. The lowest BCUT2D eigenvalue weighted by molar-refractivity contribution is -0.160. The summed E-state index contributed by atoms with van der Waals surface area (Å²) in [6.07, 6.45) is 14.6. The van der Waals surface area contributed by atoms with Crippen molar-refractivity contribution in [3.05, 3.63) is 0 Å². The number of esters is 1. The van der Waals surface area contributed by atoms with Crippen LogP contribution in [0.25, 0.3) is 0 Å². The van der Waals surface area contributed by atoms with Gasteiger partial charge in [-0.3, -0.25) is 4.79 Å². The van der Waals surface area contributed by atoms with Crippen molar-refractivity contribution in [2.24, 2.45) is 46.3 Å². The lowest BCUT2D eigenvalue weighted by Crippen LogP contribution is -2.59. The van der Waals surface area contributed by atoms with Gasteiger partial charge in [0.1, 0.15) is 0 Å². The molecule has 0 unspecified atom stereocenters. The Balaban J connectivity index is 1.60. The number of carbonyl (C=O) groups excluding carboxylic acids is 1. The Morgan fingerprint density at radius 1 is 1.00 bits per heavy atom. The maximum Gasteiger partial charge on any atom is 0.305 e. The Hall–Kier alpha value is -0.353. The molecule has 4 aliphatic rings. The average molecular weight is 463 g/mol. The molecule has 4 rings (SSSR count). The Kier molecular flexibility index (Phi) is 6.98. The second-order valence-corrected chi connectivity index (χ2v) is 18.0. The van der Waals surface area contributed by atoms with Crippen LogP contribution in [0.3, 0.4) is 0 Å². The van der Waals surface area contributed by atoms with Crippen molar-refractivity contribution in [2.45, 2.75) is 117 Å². The van der Waals surface area contributed by atoms with Crippen molar-refractivity contribution in [3.8, 4) is 0 Å². The monoisotopic (exact) mass is 462 g/mol. The second kappa shape index (κ2) is 9.02. The zero-order valence-electron chi connectivity index (χ0n) is 22.0. The average Bonchev–Trinajstić information content (AvgIpc) is 3.08. The molecule has 0 aromatic heterocycles. The van der Waals surface area contributed by atoms with Gasteiger partial charge in [-0.15, -0.1) is 0 Å². The van der Waals surface area contributed by atoms with Crippen LogP contribution in [0.1, 0.15) is 91.4 Å². The van der Waals surface area contributed by atoms with Gasteiger partial charge < -0.3 is 9.16 Å². The van der Waals surface area contributed by atoms with E-state index in [4.69, 9.17) is 9.16 Å². The fourth-order valence-electron chi connectivity index (χ4n) is 9.43. The first kappa shape index (κ1) is 24.8. The molecule has 0 aliphatic heterocycles. The number of hydrogen-bond donors (Lipinski definition) is 0. The van der Waals surface area contributed by atoms with E-state index in [1.807, 2.05) is 0 Å². The third-order valence-corrected chi connectivity index (χ3v) is 11.9. The fourth-order valence-corrected chi connectivity index (χ4v) is 10.6. The Morgan fingerprint density at radius 2 is 1.72 bits per heavy atom. The van der Waals surface area contributed by atoms with E-state index in [1.54, 1.807) is 0 Å². The maximum absolute atomic E-state index is 11.8. The van der Waals surface area contributed by atoms with Crippen LogP contribution in [0.5, 0.6) is 0 Å². The molecule has 3 nitrogen and oxygen atoms in total. The SMILES string of the molecule is COC(=O)CC[C@@H](C)[C@H]1CC[C@H]2[C@@H]3[C@@H](O[Si](C)(C)C)C[C@H]4CCCC[C@]4(C)[C@H]3CC[C@]12C. The molecule has 0 N–H and O–H groups in total. The van der Waals surface area contributed by atoms with E-state index in [9.17, 15) is 4.79 Å². The van der Waals surface area contributed by atoms with E-state index < -0.39 is 8.32 Å². The predicted molar refractivity (Wildman–Crippen MR) is 134 cm³/mol. The highest BCUT2D eigenvalue weighted by Gasteiger charge is 2.63. The molecule has 4 aliphatic carbocycles. The van der Waals surface area contributed by atoms with Gasteiger partial charge in [0.25, 0.3) is 0 Å². The highest BCUT2D eigenvalue weighted by Crippen LogP contribution is 2.68. The van der Waals surface area contributed by atoms with Gasteiger partial charge in [-0.05, 0) is 117 Å². The van der Waals surface area contributed by atoms with Crippen LogP contribution in [0.15, 0.2) is 0 Å². The molecule has 0 aromatic carbocycles. The van der Waals surface area contributed by atoms with E-state index in [2.05, 4.69) is 40.4 Å². The van der Waals surface area contributed by atoms with Gasteiger partial charge in [0.15, 0.2) is 8.32 Å². The van der Waals surface area contributed by atoms with Gasteiger partial charge in [-0.1, -0.05) is 33.6 Å². The summed E-state index contributed by atoms with van der Waals surface area (Å²) in [6.45, 7) is 14.9. The van der Waals surface area contributed by atoms with Gasteiger partial charge in [0.2, 0.25) is 0 Å². The number of hydrogen-bond acceptors (Lipinski definition) is 3. The lowest BCUT2D eigenvalue weighted by atomic mass is 9.44. The summed E-state index contributed by atoms with van der Waals surface area (Å²) in [6, 6.07) is 0. The molecular formula is C28H50O3Si. The smallest absolute Gasteiger partial charge is 0.305 e. The first-order valence-corrected chi connectivity index (χ1v) is 17.1. The molecule has 0 bridgehead atoms. The van der Waals surface area contributed by atoms with Crippen molar-refractivity contribution in [2.75, 3.05) is 7.11 Å². The molecule has 0 heterocycles. The summed E-state index contributed by atoms with van der Waals surface area (Å²) in [7, 11) is -0.0739. The van der Waals surface area contributed by atoms with E-state index in [0.29, 0.717) is 29.3 Å². The van der Waals surface area contributed by atoms with E-state index in [1.165, 1.54) is 64.9 Å². The van der Waals surface area contributed by atoms with Crippen LogP contribution in [-0.2, 0) is 14.0 Å². The number of ether oxygens (including phenoxy) is 1. The third-order valence-electron chi connectivity index (χ3n) is 10.9. The molecule has 4 heteroatoms. The number of methoxy groups -OCH3 is 1. The van der Waals surface area contributed by atoms with Crippen molar-refractivity contribution in [3.63, 3.8) is 0 Å². The first-order valence-electron chi connectivity index (χ1n) is 13.7. The standard InChI is InChI=1S/C28H50O3Si/c1-19(11-14-25(29)30-4)21-12-13-22-26-23(15-17-28(21,22)3)27(2)16-9-8-10-20(27)18-24(26)31-32(5,6)7/h19-24,26H,8-18H2,1-7H3/t19-,20-,21-,22+,23+,24+,26+,27+,28-/m1/s1. The molecule has 4 fully saturated rings. The summed E-state index contributed by atoms with van der Waals surface area (Å²) >= 11 is 0. The molecule has 0 amide bonds. The van der Waals surface area contributed by atoms with Crippen molar-refractivity contribution in [1.29, 1.82) is 0 Å². The van der Waals surface area contributed by atoms with Gasteiger partial charge in [-0.2, -0.15) is 0 Å². The van der Waals surface area contributed by atoms with Crippen molar-refractivity contribution < 1.29 is 14.0 Å². The quantitative estimate of drug-likeness (QED) is 0.303. The zero-order valence-corrected chi connectivity index (χ0v) is 23.0. The molecular weight excluding hydrogens is 412 g/mol. The molecule has 32 heavy (non-hydrogen) atoms. The Bertz CT molecular complexity index is 687. The van der Waals surface area contributed by atoms with Crippen LogP contribution in [-0.4, -0.2) is 27.5 Å². The van der Waals surface area contributed by atoms with Gasteiger partial charge in [0.05, 0.1) is 7.11 Å². The number of fused-ring (bicyclic) bond motifs is 5. The molecule has 4 saturated carbocycles. The fraction of sp³-hybridized carbons (Fsp3) is 0.964. The number of rotatable bonds is 6. The third kappa shape index (κ3) is 4.37. The first-order chi connectivity index (χ1) is 15.0. The topological polar surface area (TPSA) is 35.5 Å². The molecule has 0 radical (unpaired) electrons. The van der Waals surface area contributed by atoms with Gasteiger partial charge in [0, 0.05) is 12.5 Å². The van der Waals surface area contributed by atoms with E-state index in [-0.39, 0.29) is 5.97 Å². The van der Waals surface area contributed by atoms with Crippen LogP contribution < -0.4 is 0 Å². The summed E-state index contributed by atoms with van der Waals surface area (Å²) in [5, 5.41) is 0. The van der Waals surface area contributed by atoms with Crippen molar-refractivity contribution in [1.82, 2.24) is 0 Å². The Morgan fingerprint density at radius 3 is 2.41 bits per heavy atom. The minimum atomic E-state index is -1.59. The molecule has 184 valence electrons. The van der Waals surface area contributed by atoms with Crippen LogP contribution in [0.4, 0.5) is 0 Å². The lowest BCUT2D eigenvalue weighted by Gasteiger charge is -2.63. The maximum atomic E-state index is 11.8. The summed E-state index contributed by atoms with van der Waals surface area (Å²) in [5.41, 5.74) is 0.952. The van der Waals surface area contributed by atoms with Crippen LogP contribution >= 0.6 is 0 Å². The second-order valence-electron chi connectivity index (χ2n) is 13.6. The van der Waals surface area contributed by atoms with E-state index >= 15 is 0 Å². The normalized spacial score (nSPS) is 44.8. The molecule has 0 aromatic rings. The Labute approximate surface area is 198 Å². The van der Waals surface area contributed by atoms with Gasteiger partial charge in [-0.25, -0.2) is 0 Å². The zero-order chi connectivity index (χ0) is 23.3. The minimum Gasteiger partial charge on any atom is -0.469 e. The van der Waals surface area contributed by atoms with Gasteiger partial charge >= 0.3 is 5.97 Å². The molecule has 0 saturated heterocycles. The van der Waals surface area contributed by atoms with E-state index in [0.717, 1.165) is 36.0 Å². The van der Waals surface area contributed by atoms with Crippen LogP contribution in [0.2, 0.25) is 19.6 Å². The summed E-state index contributed by atoms with van der Waals surface area (Å²) in [5.74, 6) is 4.56. The molecule has 0 spiro atoms. The molecule has 9 atom stereocenters. The van der Waals surface area contributed by atoms with Crippen molar-refractivity contribution >= 4 is 14.3 Å². The number of carbonyl (C=O) groups is 1. The van der Waals surface area contributed by atoms with Crippen LogP contribution in [0, 0.1) is 46.3 Å². The minimum absolute atomic E-state index is 0.0487. The summed E-state index contributed by atoms with van der Waals surface area (Å²) in [4.78, 5) is 11.8. The summed E-state index contributed by atoms with van der Waals surface area (Å²) < 4.78 is 12.0.